The standard InChI is InChI=1S/C14H20O/c1-9-12(15)7-11-10-5-4-6-14(9,11)8-13(10,2)3/h10-11H,1,4-8H2,2-3H3/t10-,11-,14-/m1/s1. The third-order valence-electron chi connectivity index (χ3n) is 5.45. The van der Waals surface area contributed by atoms with Crippen LogP contribution >= 0.6 is 0 Å². The first-order chi connectivity index (χ1) is 6.97. The van der Waals surface area contributed by atoms with Crippen molar-refractivity contribution in [2.24, 2.45) is 22.7 Å². The number of carbonyl (C=O) groups is 1. The number of ketones is 1. The molecule has 3 atom stereocenters. The lowest BCUT2D eigenvalue weighted by atomic mass is 9.67. The predicted octanol–water partition coefficient (Wildman–Crippen LogP) is 3.35. The average molecular weight is 204 g/mol. The smallest absolute Gasteiger partial charge is 0.159 e. The van der Waals surface area contributed by atoms with Crippen molar-refractivity contribution in [2.75, 3.05) is 0 Å². The fourth-order valence-corrected chi connectivity index (χ4v) is 4.93. The highest BCUT2D eigenvalue weighted by Gasteiger charge is 2.63. The van der Waals surface area contributed by atoms with Gasteiger partial charge >= 0.3 is 0 Å². The van der Waals surface area contributed by atoms with Gasteiger partial charge in [-0.2, -0.15) is 0 Å². The molecule has 0 aromatic heterocycles. The van der Waals surface area contributed by atoms with Crippen molar-refractivity contribution >= 4 is 5.78 Å². The van der Waals surface area contributed by atoms with Gasteiger partial charge in [-0.15, -0.1) is 0 Å². The van der Waals surface area contributed by atoms with Crippen LogP contribution in [0.5, 0.6) is 0 Å². The van der Waals surface area contributed by atoms with E-state index in [0.717, 1.165) is 17.9 Å². The Balaban J connectivity index is 2.11. The van der Waals surface area contributed by atoms with E-state index in [9.17, 15) is 4.79 Å². The molecule has 1 nitrogen and oxygen atoms in total. The van der Waals surface area contributed by atoms with Gasteiger partial charge in [-0.3, -0.25) is 4.79 Å². The van der Waals surface area contributed by atoms with E-state index in [1.807, 2.05) is 0 Å². The lowest BCUT2D eigenvalue weighted by molar-refractivity contribution is -0.115. The topological polar surface area (TPSA) is 17.1 Å². The third-order valence-corrected chi connectivity index (χ3v) is 5.45. The van der Waals surface area contributed by atoms with Crippen LogP contribution < -0.4 is 0 Å². The quantitative estimate of drug-likeness (QED) is 0.553. The zero-order valence-corrected chi connectivity index (χ0v) is 9.81. The Kier molecular flexibility index (Phi) is 1.64. The van der Waals surface area contributed by atoms with Crippen molar-refractivity contribution < 1.29 is 4.79 Å². The SMILES string of the molecule is C=C1C(=O)C[C@@H]2[C@H]3CCC[C@@]12CC3(C)C. The van der Waals surface area contributed by atoms with E-state index in [2.05, 4.69) is 20.4 Å². The fraction of sp³-hybridized carbons (Fsp3) is 0.786. The third kappa shape index (κ3) is 0.971. The van der Waals surface area contributed by atoms with Crippen LogP contribution in [-0.4, -0.2) is 5.78 Å². The van der Waals surface area contributed by atoms with Crippen molar-refractivity contribution in [3.8, 4) is 0 Å². The normalized spacial score (nSPS) is 47.1. The Morgan fingerprint density at radius 3 is 2.73 bits per heavy atom. The predicted molar refractivity (Wildman–Crippen MR) is 60.4 cm³/mol. The fourth-order valence-electron chi connectivity index (χ4n) is 4.93. The molecular weight excluding hydrogens is 184 g/mol. The van der Waals surface area contributed by atoms with Crippen LogP contribution in [0.2, 0.25) is 0 Å². The highest BCUT2D eigenvalue weighted by molar-refractivity contribution is 5.99. The van der Waals surface area contributed by atoms with Gasteiger partial charge in [-0.05, 0) is 42.1 Å². The van der Waals surface area contributed by atoms with Crippen LogP contribution in [0.4, 0.5) is 0 Å². The van der Waals surface area contributed by atoms with Gasteiger partial charge < -0.3 is 0 Å². The molecule has 15 heavy (non-hydrogen) atoms. The maximum Gasteiger partial charge on any atom is 0.159 e. The summed E-state index contributed by atoms with van der Waals surface area (Å²) in [6, 6.07) is 0. The van der Waals surface area contributed by atoms with Gasteiger partial charge in [0.05, 0.1) is 0 Å². The molecule has 0 aliphatic heterocycles. The summed E-state index contributed by atoms with van der Waals surface area (Å²) in [5, 5.41) is 0. The molecule has 0 spiro atoms. The molecule has 0 aromatic carbocycles. The first kappa shape index (κ1) is 9.62. The van der Waals surface area contributed by atoms with Gasteiger partial charge in [-0.1, -0.05) is 26.8 Å². The van der Waals surface area contributed by atoms with E-state index in [1.165, 1.54) is 25.7 Å². The molecule has 3 rings (SSSR count). The zero-order chi connectivity index (χ0) is 10.8. The van der Waals surface area contributed by atoms with Crippen LogP contribution in [0.3, 0.4) is 0 Å². The summed E-state index contributed by atoms with van der Waals surface area (Å²) in [4.78, 5) is 11.8. The Morgan fingerprint density at radius 1 is 1.33 bits per heavy atom. The van der Waals surface area contributed by atoms with Crippen LogP contribution in [0.15, 0.2) is 12.2 Å². The maximum absolute atomic E-state index is 11.8. The molecule has 0 unspecified atom stereocenters. The molecule has 1 heteroatoms. The van der Waals surface area contributed by atoms with E-state index in [1.54, 1.807) is 0 Å². The Bertz CT molecular complexity index is 352. The summed E-state index contributed by atoms with van der Waals surface area (Å²) in [6.07, 6.45) is 5.87. The van der Waals surface area contributed by atoms with E-state index in [-0.39, 0.29) is 5.41 Å². The highest BCUT2D eigenvalue weighted by Crippen LogP contribution is 2.69. The van der Waals surface area contributed by atoms with Gasteiger partial charge in [0.2, 0.25) is 0 Å². The highest BCUT2D eigenvalue weighted by atomic mass is 16.1. The molecule has 0 radical (unpaired) electrons. The molecule has 3 aliphatic rings. The maximum atomic E-state index is 11.8. The molecule has 0 heterocycles. The molecule has 0 amide bonds. The van der Waals surface area contributed by atoms with Crippen LogP contribution in [0, 0.1) is 22.7 Å². The summed E-state index contributed by atoms with van der Waals surface area (Å²) in [5.41, 5.74) is 1.64. The van der Waals surface area contributed by atoms with Gasteiger partial charge in [0.1, 0.15) is 0 Å². The molecule has 0 saturated heterocycles. The second-order valence-electron chi connectivity index (χ2n) is 6.53. The minimum atomic E-state index is 0.226. The molecule has 0 aromatic rings. The molecule has 2 bridgehead atoms. The van der Waals surface area contributed by atoms with Crippen molar-refractivity contribution in [2.45, 2.75) is 46.0 Å². The Labute approximate surface area is 91.9 Å². The second kappa shape index (κ2) is 2.56. The lowest BCUT2D eigenvalue weighted by Crippen LogP contribution is -2.28. The largest absolute Gasteiger partial charge is 0.295 e. The van der Waals surface area contributed by atoms with Crippen LogP contribution in [0.25, 0.3) is 0 Å². The summed E-state index contributed by atoms with van der Waals surface area (Å²) in [5.74, 6) is 1.78. The van der Waals surface area contributed by atoms with Crippen molar-refractivity contribution in [1.29, 1.82) is 0 Å². The molecule has 3 saturated carbocycles. The molecule has 3 aliphatic carbocycles. The number of allylic oxidation sites excluding steroid dienone is 1. The first-order valence-electron chi connectivity index (χ1n) is 6.20. The summed E-state index contributed by atoms with van der Waals surface area (Å²) in [7, 11) is 0. The van der Waals surface area contributed by atoms with E-state index in [4.69, 9.17) is 0 Å². The van der Waals surface area contributed by atoms with Crippen molar-refractivity contribution in [3.63, 3.8) is 0 Å². The summed E-state index contributed by atoms with van der Waals surface area (Å²) < 4.78 is 0. The molecule has 3 fully saturated rings. The molecule has 0 N–H and O–H groups in total. The van der Waals surface area contributed by atoms with Crippen LogP contribution in [-0.2, 0) is 4.79 Å². The van der Waals surface area contributed by atoms with Crippen molar-refractivity contribution in [1.82, 2.24) is 0 Å². The molecule has 82 valence electrons. The van der Waals surface area contributed by atoms with Gasteiger partial charge in [0, 0.05) is 11.8 Å². The number of Topliss-reactive ketones (excluding diaryl/α,β-unsaturated/α-hetero) is 1. The minimum Gasteiger partial charge on any atom is -0.295 e. The number of hydrogen-bond acceptors (Lipinski definition) is 1. The Hall–Kier alpha value is -0.590. The Morgan fingerprint density at radius 2 is 2.07 bits per heavy atom. The zero-order valence-electron chi connectivity index (χ0n) is 9.81. The second-order valence-corrected chi connectivity index (χ2v) is 6.53. The summed E-state index contributed by atoms with van der Waals surface area (Å²) >= 11 is 0. The van der Waals surface area contributed by atoms with Gasteiger partial charge in [-0.25, -0.2) is 0 Å². The van der Waals surface area contributed by atoms with Gasteiger partial charge in [0.25, 0.3) is 0 Å². The minimum absolute atomic E-state index is 0.226. The van der Waals surface area contributed by atoms with Gasteiger partial charge in [0.15, 0.2) is 5.78 Å². The monoisotopic (exact) mass is 204 g/mol. The van der Waals surface area contributed by atoms with E-state index in [0.29, 0.717) is 17.1 Å². The first-order valence-corrected chi connectivity index (χ1v) is 6.20. The number of rotatable bonds is 0. The van der Waals surface area contributed by atoms with E-state index >= 15 is 0 Å². The molecular formula is C14H20O. The lowest BCUT2D eigenvalue weighted by Gasteiger charge is -2.36. The summed E-state index contributed by atoms with van der Waals surface area (Å²) in [6.45, 7) is 8.88. The number of carbonyl (C=O) groups excluding carboxylic acids is 1. The number of hydrogen-bond donors (Lipinski definition) is 0. The average Bonchev–Trinajstić information content (AvgIpc) is 2.46. The van der Waals surface area contributed by atoms with Crippen LogP contribution in [0.1, 0.15) is 46.0 Å². The van der Waals surface area contributed by atoms with E-state index < -0.39 is 0 Å². The van der Waals surface area contributed by atoms with Crippen molar-refractivity contribution in [3.05, 3.63) is 12.2 Å².